The lowest BCUT2D eigenvalue weighted by Gasteiger charge is -2.05. The Labute approximate surface area is 103 Å². The third kappa shape index (κ3) is 2.76. The number of nitro benzene ring substituents is 1. The van der Waals surface area contributed by atoms with Crippen LogP contribution in [0.5, 0.6) is 0 Å². The summed E-state index contributed by atoms with van der Waals surface area (Å²) in [5.41, 5.74) is 7.55. The molecule has 0 unspecified atom stereocenters. The van der Waals surface area contributed by atoms with Crippen LogP contribution in [0.4, 0.5) is 17.1 Å². The monoisotopic (exact) mass is 247 g/mol. The van der Waals surface area contributed by atoms with Gasteiger partial charge in [0, 0.05) is 48.9 Å². The van der Waals surface area contributed by atoms with Crippen LogP contribution >= 0.6 is 0 Å². The van der Waals surface area contributed by atoms with Gasteiger partial charge in [-0.25, -0.2) is 0 Å². The van der Waals surface area contributed by atoms with Crippen molar-refractivity contribution in [2.75, 3.05) is 11.1 Å². The lowest BCUT2D eigenvalue weighted by atomic mass is 10.2. The van der Waals surface area contributed by atoms with E-state index in [1.54, 1.807) is 16.9 Å². The van der Waals surface area contributed by atoms with Crippen molar-refractivity contribution < 1.29 is 4.92 Å². The highest BCUT2D eigenvalue weighted by Gasteiger charge is 2.08. The molecule has 0 spiro atoms. The van der Waals surface area contributed by atoms with Gasteiger partial charge in [0.2, 0.25) is 0 Å². The molecule has 0 fully saturated rings. The summed E-state index contributed by atoms with van der Waals surface area (Å²) in [5.74, 6) is 0. The maximum absolute atomic E-state index is 10.7. The molecule has 7 heteroatoms. The van der Waals surface area contributed by atoms with Crippen molar-refractivity contribution >= 4 is 17.1 Å². The number of nitro groups is 1. The smallest absolute Gasteiger partial charge is 0.273 e. The van der Waals surface area contributed by atoms with Crippen LogP contribution in [-0.4, -0.2) is 14.7 Å². The van der Waals surface area contributed by atoms with Crippen molar-refractivity contribution in [1.29, 1.82) is 0 Å². The van der Waals surface area contributed by atoms with Gasteiger partial charge in [-0.2, -0.15) is 5.10 Å². The number of benzene rings is 1. The third-order valence-electron chi connectivity index (χ3n) is 2.41. The minimum absolute atomic E-state index is 0.0244. The van der Waals surface area contributed by atoms with Gasteiger partial charge >= 0.3 is 0 Å². The molecule has 0 amide bonds. The average Bonchev–Trinajstić information content (AvgIpc) is 2.72. The molecule has 3 N–H and O–H groups in total. The summed E-state index contributed by atoms with van der Waals surface area (Å²) < 4.78 is 1.69. The predicted molar refractivity (Wildman–Crippen MR) is 68.0 cm³/mol. The Balaban J connectivity index is 2.11. The van der Waals surface area contributed by atoms with Gasteiger partial charge < -0.3 is 11.1 Å². The third-order valence-corrected chi connectivity index (χ3v) is 2.41. The van der Waals surface area contributed by atoms with Crippen LogP contribution in [0.15, 0.2) is 30.6 Å². The molecule has 0 aliphatic carbocycles. The fraction of sp³-hybridized carbons (Fsp3) is 0.182. The second-order valence-electron chi connectivity index (χ2n) is 3.95. The molecule has 7 nitrogen and oxygen atoms in total. The van der Waals surface area contributed by atoms with E-state index in [2.05, 4.69) is 10.4 Å². The van der Waals surface area contributed by atoms with E-state index in [1.165, 1.54) is 12.1 Å². The van der Waals surface area contributed by atoms with E-state index in [1.807, 2.05) is 13.2 Å². The summed E-state index contributed by atoms with van der Waals surface area (Å²) in [6, 6.07) is 4.44. The first-order valence-corrected chi connectivity index (χ1v) is 5.31. The summed E-state index contributed by atoms with van der Waals surface area (Å²) in [6.07, 6.45) is 3.60. The van der Waals surface area contributed by atoms with E-state index in [0.29, 0.717) is 17.9 Å². The van der Waals surface area contributed by atoms with E-state index in [-0.39, 0.29) is 5.69 Å². The maximum Gasteiger partial charge on any atom is 0.273 e. The van der Waals surface area contributed by atoms with E-state index < -0.39 is 4.92 Å². The molecule has 94 valence electrons. The van der Waals surface area contributed by atoms with Crippen LogP contribution in [0.1, 0.15) is 5.56 Å². The van der Waals surface area contributed by atoms with E-state index in [4.69, 9.17) is 5.73 Å². The van der Waals surface area contributed by atoms with E-state index in [9.17, 15) is 10.1 Å². The molecule has 0 bridgehead atoms. The summed E-state index contributed by atoms with van der Waals surface area (Å²) in [6.45, 7) is 0.536. The molecule has 1 heterocycles. The van der Waals surface area contributed by atoms with Crippen molar-refractivity contribution in [1.82, 2.24) is 9.78 Å². The molecule has 0 saturated heterocycles. The van der Waals surface area contributed by atoms with Crippen LogP contribution in [0.25, 0.3) is 0 Å². The predicted octanol–water partition coefficient (Wildman–Crippen LogP) is 1.52. The van der Waals surface area contributed by atoms with Gasteiger partial charge in [-0.15, -0.1) is 0 Å². The summed E-state index contributed by atoms with van der Waals surface area (Å²) in [4.78, 5) is 10.2. The Morgan fingerprint density at radius 3 is 2.89 bits per heavy atom. The first-order chi connectivity index (χ1) is 8.54. The molecule has 2 aromatic rings. The van der Waals surface area contributed by atoms with Crippen molar-refractivity contribution in [3.8, 4) is 0 Å². The Bertz CT molecular complexity index is 579. The van der Waals surface area contributed by atoms with Crippen LogP contribution < -0.4 is 11.1 Å². The maximum atomic E-state index is 10.7. The van der Waals surface area contributed by atoms with Crippen LogP contribution in [0.3, 0.4) is 0 Å². The minimum Gasteiger partial charge on any atom is -0.398 e. The van der Waals surface area contributed by atoms with Crippen LogP contribution in [0, 0.1) is 10.1 Å². The average molecular weight is 247 g/mol. The highest BCUT2D eigenvalue weighted by Crippen LogP contribution is 2.22. The zero-order valence-corrected chi connectivity index (χ0v) is 9.83. The number of hydrogen-bond acceptors (Lipinski definition) is 5. The van der Waals surface area contributed by atoms with Gasteiger partial charge in [-0.3, -0.25) is 14.8 Å². The Kier molecular flexibility index (Phi) is 3.13. The highest BCUT2D eigenvalue weighted by atomic mass is 16.6. The topological polar surface area (TPSA) is 99.0 Å². The normalized spacial score (nSPS) is 10.3. The second kappa shape index (κ2) is 4.74. The van der Waals surface area contributed by atoms with Gasteiger partial charge in [-0.05, 0) is 6.07 Å². The Morgan fingerprint density at radius 2 is 2.28 bits per heavy atom. The fourth-order valence-electron chi connectivity index (χ4n) is 1.61. The number of nitrogens with zero attached hydrogens (tertiary/aromatic N) is 3. The second-order valence-corrected chi connectivity index (χ2v) is 3.95. The zero-order valence-electron chi connectivity index (χ0n) is 9.83. The molecule has 18 heavy (non-hydrogen) atoms. The number of nitrogens with two attached hydrogens (primary N) is 1. The van der Waals surface area contributed by atoms with Gasteiger partial charge in [0.15, 0.2) is 0 Å². The number of aromatic nitrogens is 2. The number of nitrogen functional groups attached to an aromatic ring is 1. The standard InChI is InChI=1S/C11H13N5O2/c1-15-7-8(6-14-15)5-13-10-2-9(12)3-11(4-10)16(17)18/h2-4,6-7,13H,5,12H2,1H3. The number of anilines is 2. The lowest BCUT2D eigenvalue weighted by Crippen LogP contribution is -2.00. The number of hydrogen-bond donors (Lipinski definition) is 2. The van der Waals surface area contributed by atoms with Crippen LogP contribution in [0.2, 0.25) is 0 Å². The van der Waals surface area contributed by atoms with Crippen LogP contribution in [-0.2, 0) is 13.6 Å². The molecular formula is C11H13N5O2. The highest BCUT2D eigenvalue weighted by molar-refractivity contribution is 5.61. The largest absolute Gasteiger partial charge is 0.398 e. The fourth-order valence-corrected chi connectivity index (χ4v) is 1.61. The number of non-ortho nitro benzene ring substituents is 1. The van der Waals surface area contributed by atoms with Gasteiger partial charge in [0.1, 0.15) is 0 Å². The molecule has 0 atom stereocenters. The Hall–Kier alpha value is -2.57. The molecule has 1 aromatic heterocycles. The molecule has 0 aliphatic rings. The van der Waals surface area contributed by atoms with Crippen molar-refractivity contribution in [3.63, 3.8) is 0 Å². The van der Waals surface area contributed by atoms with Gasteiger partial charge in [0.25, 0.3) is 5.69 Å². The molecule has 0 radical (unpaired) electrons. The molecule has 2 rings (SSSR count). The zero-order chi connectivity index (χ0) is 13.1. The molecule has 1 aromatic carbocycles. The number of nitrogens with one attached hydrogen (secondary N) is 1. The van der Waals surface area contributed by atoms with Crippen molar-refractivity contribution in [2.24, 2.45) is 7.05 Å². The van der Waals surface area contributed by atoms with Gasteiger partial charge in [0.05, 0.1) is 11.1 Å². The summed E-state index contributed by atoms with van der Waals surface area (Å²) in [5, 5.41) is 17.8. The summed E-state index contributed by atoms with van der Waals surface area (Å²) >= 11 is 0. The first-order valence-electron chi connectivity index (χ1n) is 5.31. The van der Waals surface area contributed by atoms with Crippen molar-refractivity contribution in [2.45, 2.75) is 6.54 Å². The summed E-state index contributed by atoms with van der Waals surface area (Å²) in [7, 11) is 1.83. The Morgan fingerprint density at radius 1 is 1.50 bits per heavy atom. The quantitative estimate of drug-likeness (QED) is 0.485. The number of rotatable bonds is 4. The number of aryl methyl sites for hydroxylation is 1. The van der Waals surface area contributed by atoms with E-state index >= 15 is 0 Å². The molecular weight excluding hydrogens is 234 g/mol. The molecule has 0 aliphatic heterocycles. The molecule has 0 saturated carbocycles. The van der Waals surface area contributed by atoms with E-state index in [0.717, 1.165) is 5.56 Å². The first kappa shape index (κ1) is 11.9. The van der Waals surface area contributed by atoms with Gasteiger partial charge in [-0.1, -0.05) is 0 Å². The SMILES string of the molecule is Cn1cc(CNc2cc(N)cc([N+](=O)[O-])c2)cn1. The van der Waals surface area contributed by atoms with Crippen molar-refractivity contribution in [3.05, 3.63) is 46.3 Å². The minimum atomic E-state index is -0.467. The lowest BCUT2D eigenvalue weighted by molar-refractivity contribution is -0.384.